The third-order valence-electron chi connectivity index (χ3n) is 3.79. The van der Waals surface area contributed by atoms with E-state index in [9.17, 15) is 8.42 Å². The van der Waals surface area contributed by atoms with Crippen molar-refractivity contribution in [2.45, 2.75) is 58.0 Å². The Kier molecular flexibility index (Phi) is 5.41. The summed E-state index contributed by atoms with van der Waals surface area (Å²) >= 11 is 0. The molecule has 1 unspecified atom stereocenters. The standard InChI is InChI=1S/C16H26N2O2S/c1-12(2)17-10-14-4-6-15(7-5-14)11-21(19,20)18-13(3)16-8-9-16/h4-7,12-13,16-18H,8-11H2,1-3H3. The topological polar surface area (TPSA) is 58.2 Å². The maximum Gasteiger partial charge on any atom is 0.216 e. The van der Waals surface area contributed by atoms with Crippen LogP contribution in [0, 0.1) is 5.92 Å². The van der Waals surface area contributed by atoms with Crippen molar-refractivity contribution in [1.29, 1.82) is 0 Å². The van der Waals surface area contributed by atoms with Gasteiger partial charge in [0.1, 0.15) is 0 Å². The van der Waals surface area contributed by atoms with Crippen molar-refractivity contribution in [2.75, 3.05) is 0 Å². The van der Waals surface area contributed by atoms with Gasteiger partial charge < -0.3 is 5.32 Å². The molecule has 0 aliphatic heterocycles. The zero-order valence-corrected chi connectivity index (χ0v) is 13.9. The zero-order chi connectivity index (χ0) is 15.5. The summed E-state index contributed by atoms with van der Waals surface area (Å²) in [5.74, 6) is 0.589. The molecule has 2 rings (SSSR count). The lowest BCUT2D eigenvalue weighted by Gasteiger charge is -2.13. The summed E-state index contributed by atoms with van der Waals surface area (Å²) < 4.78 is 27.0. The molecule has 118 valence electrons. The molecular weight excluding hydrogens is 284 g/mol. The molecule has 5 heteroatoms. The highest BCUT2D eigenvalue weighted by Gasteiger charge is 2.30. The van der Waals surface area contributed by atoms with Gasteiger partial charge in [0.15, 0.2) is 0 Å². The van der Waals surface area contributed by atoms with E-state index in [0.717, 1.165) is 24.9 Å². The molecule has 0 heterocycles. The molecule has 0 bridgehead atoms. The van der Waals surface area contributed by atoms with Crippen molar-refractivity contribution >= 4 is 10.0 Å². The largest absolute Gasteiger partial charge is 0.310 e. The first-order valence-corrected chi connectivity index (χ1v) is 9.32. The van der Waals surface area contributed by atoms with Crippen LogP contribution in [0.15, 0.2) is 24.3 Å². The van der Waals surface area contributed by atoms with E-state index in [1.54, 1.807) is 0 Å². The smallest absolute Gasteiger partial charge is 0.216 e. The van der Waals surface area contributed by atoms with Gasteiger partial charge in [0.05, 0.1) is 5.75 Å². The van der Waals surface area contributed by atoms with E-state index in [2.05, 4.69) is 23.9 Å². The van der Waals surface area contributed by atoms with Crippen molar-refractivity contribution in [2.24, 2.45) is 5.92 Å². The molecule has 0 saturated heterocycles. The summed E-state index contributed by atoms with van der Waals surface area (Å²) in [7, 11) is -3.24. The quantitative estimate of drug-likeness (QED) is 0.775. The van der Waals surface area contributed by atoms with E-state index < -0.39 is 10.0 Å². The van der Waals surface area contributed by atoms with Gasteiger partial charge in [-0.2, -0.15) is 0 Å². The van der Waals surface area contributed by atoms with Gasteiger partial charge in [0.25, 0.3) is 0 Å². The molecule has 0 aromatic heterocycles. The number of hydrogen-bond donors (Lipinski definition) is 2. The maximum atomic E-state index is 12.1. The predicted octanol–water partition coefficient (Wildman–Crippen LogP) is 2.40. The number of nitrogens with one attached hydrogen (secondary N) is 2. The normalized spacial score (nSPS) is 17.1. The average Bonchev–Trinajstić information content (AvgIpc) is 3.21. The Labute approximate surface area is 128 Å². The lowest BCUT2D eigenvalue weighted by atomic mass is 10.1. The number of benzene rings is 1. The Hall–Kier alpha value is -0.910. The highest BCUT2D eigenvalue weighted by atomic mass is 32.2. The molecule has 1 aliphatic carbocycles. The third kappa shape index (κ3) is 5.77. The first kappa shape index (κ1) is 16.5. The van der Waals surface area contributed by atoms with E-state index in [4.69, 9.17) is 0 Å². The van der Waals surface area contributed by atoms with Gasteiger partial charge in [0, 0.05) is 18.6 Å². The SMILES string of the molecule is CC(C)NCc1ccc(CS(=O)(=O)NC(C)C2CC2)cc1. The van der Waals surface area contributed by atoms with Gasteiger partial charge in [-0.15, -0.1) is 0 Å². The summed E-state index contributed by atoms with van der Waals surface area (Å²) in [5.41, 5.74) is 2.00. The summed E-state index contributed by atoms with van der Waals surface area (Å²) in [5, 5.41) is 3.34. The van der Waals surface area contributed by atoms with Crippen molar-refractivity contribution in [3.63, 3.8) is 0 Å². The molecule has 1 aliphatic rings. The van der Waals surface area contributed by atoms with E-state index in [0.29, 0.717) is 12.0 Å². The van der Waals surface area contributed by atoms with Crippen LogP contribution in [0.4, 0.5) is 0 Å². The molecule has 1 atom stereocenters. The minimum absolute atomic E-state index is 0.0575. The van der Waals surface area contributed by atoms with Crippen LogP contribution in [-0.4, -0.2) is 20.5 Å². The van der Waals surface area contributed by atoms with Crippen molar-refractivity contribution in [3.8, 4) is 0 Å². The van der Waals surface area contributed by atoms with Gasteiger partial charge in [-0.25, -0.2) is 13.1 Å². The second-order valence-corrected chi connectivity index (χ2v) is 8.11. The van der Waals surface area contributed by atoms with Gasteiger partial charge >= 0.3 is 0 Å². The van der Waals surface area contributed by atoms with Crippen LogP contribution in [0.5, 0.6) is 0 Å². The molecule has 1 aromatic rings. The fourth-order valence-electron chi connectivity index (χ4n) is 2.31. The van der Waals surface area contributed by atoms with Gasteiger partial charge in [-0.3, -0.25) is 0 Å². The highest BCUT2D eigenvalue weighted by Crippen LogP contribution is 2.32. The molecule has 0 radical (unpaired) electrons. The van der Waals surface area contributed by atoms with Gasteiger partial charge in [0.2, 0.25) is 10.0 Å². The lowest BCUT2D eigenvalue weighted by Crippen LogP contribution is -2.34. The monoisotopic (exact) mass is 310 g/mol. The van der Waals surface area contributed by atoms with E-state index in [1.807, 2.05) is 31.2 Å². The first-order chi connectivity index (χ1) is 9.85. The Balaban J connectivity index is 1.89. The fraction of sp³-hybridized carbons (Fsp3) is 0.625. The summed E-state index contributed by atoms with van der Waals surface area (Å²) in [6.45, 7) is 6.97. The number of hydrogen-bond acceptors (Lipinski definition) is 3. The predicted molar refractivity (Wildman–Crippen MR) is 86.4 cm³/mol. The highest BCUT2D eigenvalue weighted by molar-refractivity contribution is 7.88. The van der Waals surface area contributed by atoms with E-state index in [-0.39, 0.29) is 11.8 Å². The minimum Gasteiger partial charge on any atom is -0.310 e. The minimum atomic E-state index is -3.24. The fourth-order valence-corrected chi connectivity index (χ4v) is 3.79. The Bertz CT molecular complexity index is 548. The van der Waals surface area contributed by atoms with Crippen LogP contribution in [0.3, 0.4) is 0 Å². The van der Waals surface area contributed by atoms with Crippen molar-refractivity contribution in [3.05, 3.63) is 35.4 Å². The van der Waals surface area contributed by atoms with Crippen LogP contribution in [0.25, 0.3) is 0 Å². The third-order valence-corrected chi connectivity index (χ3v) is 5.23. The molecule has 2 N–H and O–H groups in total. The summed E-state index contributed by atoms with van der Waals surface area (Å²) in [6, 6.07) is 8.29. The Morgan fingerprint density at radius 1 is 1.10 bits per heavy atom. The van der Waals surface area contributed by atoms with Crippen molar-refractivity contribution < 1.29 is 8.42 Å². The van der Waals surface area contributed by atoms with E-state index in [1.165, 1.54) is 5.56 Å². The Morgan fingerprint density at radius 2 is 1.67 bits per heavy atom. The molecule has 1 aromatic carbocycles. The zero-order valence-electron chi connectivity index (χ0n) is 13.1. The van der Waals surface area contributed by atoms with E-state index >= 15 is 0 Å². The molecular formula is C16H26N2O2S. The molecule has 1 saturated carbocycles. The average molecular weight is 310 g/mol. The molecule has 0 spiro atoms. The molecule has 0 amide bonds. The summed E-state index contributed by atoms with van der Waals surface area (Å²) in [4.78, 5) is 0. The first-order valence-electron chi connectivity index (χ1n) is 7.67. The Morgan fingerprint density at radius 3 is 2.19 bits per heavy atom. The van der Waals surface area contributed by atoms with Crippen LogP contribution in [-0.2, 0) is 22.3 Å². The maximum absolute atomic E-state index is 12.1. The van der Waals surface area contributed by atoms with Crippen LogP contribution in [0.1, 0.15) is 44.7 Å². The van der Waals surface area contributed by atoms with Gasteiger partial charge in [-0.05, 0) is 36.8 Å². The van der Waals surface area contributed by atoms with Crippen LogP contribution < -0.4 is 10.0 Å². The molecule has 4 nitrogen and oxygen atoms in total. The molecule has 1 fully saturated rings. The second-order valence-electron chi connectivity index (χ2n) is 6.36. The molecule has 21 heavy (non-hydrogen) atoms. The number of sulfonamides is 1. The van der Waals surface area contributed by atoms with Crippen LogP contribution in [0.2, 0.25) is 0 Å². The lowest BCUT2D eigenvalue weighted by molar-refractivity contribution is 0.537. The summed E-state index contributed by atoms with van der Waals surface area (Å²) in [6.07, 6.45) is 2.28. The van der Waals surface area contributed by atoms with Crippen molar-refractivity contribution in [1.82, 2.24) is 10.0 Å². The second kappa shape index (κ2) is 6.90. The van der Waals surface area contributed by atoms with Crippen LogP contribution >= 0.6 is 0 Å². The van der Waals surface area contributed by atoms with Gasteiger partial charge in [-0.1, -0.05) is 38.1 Å². The number of rotatable bonds is 8.